The van der Waals surface area contributed by atoms with E-state index in [0.29, 0.717) is 16.9 Å². The van der Waals surface area contributed by atoms with Crippen LogP contribution in [0, 0.1) is 10.8 Å². The predicted octanol–water partition coefficient (Wildman–Crippen LogP) is 3.40. The van der Waals surface area contributed by atoms with E-state index < -0.39 is 5.97 Å². The van der Waals surface area contributed by atoms with Gasteiger partial charge in [0.05, 0.1) is 0 Å². The van der Waals surface area contributed by atoms with Gasteiger partial charge in [-0.1, -0.05) is 41.5 Å². The maximum Gasteiger partial charge on any atom is 0.308 e. The Morgan fingerprint density at radius 1 is 1.06 bits per heavy atom. The third kappa shape index (κ3) is 2.89. The molecule has 0 unspecified atom stereocenters. The Morgan fingerprint density at radius 2 is 1.56 bits per heavy atom. The molecule has 0 spiro atoms. The molecule has 0 saturated heterocycles. The molecule has 0 atom stereocenters. The van der Waals surface area contributed by atoms with Gasteiger partial charge in [-0.25, -0.2) is 0 Å². The summed E-state index contributed by atoms with van der Waals surface area (Å²) in [4.78, 5) is 23.6. The molecule has 0 amide bonds. The molecular weight excluding hydrogens is 228 g/mol. The van der Waals surface area contributed by atoms with E-state index in [4.69, 9.17) is 4.74 Å². The van der Waals surface area contributed by atoms with Gasteiger partial charge in [0.1, 0.15) is 5.76 Å². The molecule has 1 aliphatic rings. The fourth-order valence-electron chi connectivity index (χ4n) is 2.02. The molecular formula is C15H22O3. The normalized spacial score (nSPS) is 17.1. The molecule has 0 fully saturated rings. The Kier molecular flexibility index (Phi) is 3.57. The smallest absolute Gasteiger partial charge is 0.308 e. The maximum atomic E-state index is 12.5. The van der Waals surface area contributed by atoms with E-state index in [1.807, 2.05) is 41.5 Å². The molecule has 100 valence electrons. The van der Waals surface area contributed by atoms with Gasteiger partial charge in [-0.05, 0) is 16.9 Å². The van der Waals surface area contributed by atoms with Crippen LogP contribution in [0.1, 0.15) is 48.5 Å². The molecule has 3 nitrogen and oxygen atoms in total. The number of ketones is 1. The van der Waals surface area contributed by atoms with Crippen LogP contribution in [0.4, 0.5) is 0 Å². The standard InChI is InChI=1S/C15H22O3/c1-9(16)18-11-8-10(14(2,3)4)13(17)12(11)15(5,6)7/h8H,1-7H3. The predicted molar refractivity (Wildman–Crippen MR) is 70.8 cm³/mol. The molecule has 1 rings (SSSR count). The van der Waals surface area contributed by atoms with Crippen molar-refractivity contribution in [3.63, 3.8) is 0 Å². The highest BCUT2D eigenvalue weighted by Crippen LogP contribution is 2.41. The second-order valence-corrected chi connectivity index (χ2v) is 6.72. The molecule has 0 bridgehead atoms. The van der Waals surface area contributed by atoms with E-state index in [1.54, 1.807) is 6.08 Å². The topological polar surface area (TPSA) is 43.4 Å². The maximum absolute atomic E-state index is 12.5. The number of allylic oxidation sites excluding steroid dienone is 3. The molecule has 0 heterocycles. The molecule has 0 aromatic rings. The SMILES string of the molecule is CC(=O)OC1=C(C(C)(C)C)C(=O)C(C(C)(C)C)=C1. The van der Waals surface area contributed by atoms with Crippen molar-refractivity contribution in [3.8, 4) is 0 Å². The van der Waals surface area contributed by atoms with Gasteiger partial charge in [-0.3, -0.25) is 9.59 Å². The Hall–Kier alpha value is -1.38. The van der Waals surface area contributed by atoms with E-state index in [1.165, 1.54) is 6.92 Å². The van der Waals surface area contributed by atoms with Crippen molar-refractivity contribution in [2.24, 2.45) is 10.8 Å². The Labute approximate surface area is 109 Å². The van der Waals surface area contributed by atoms with Gasteiger partial charge in [-0.2, -0.15) is 0 Å². The fourth-order valence-corrected chi connectivity index (χ4v) is 2.02. The van der Waals surface area contributed by atoms with Gasteiger partial charge in [0.2, 0.25) is 0 Å². The highest BCUT2D eigenvalue weighted by Gasteiger charge is 2.39. The van der Waals surface area contributed by atoms with Crippen molar-refractivity contribution in [2.75, 3.05) is 0 Å². The number of Topliss-reactive ketones (excluding diaryl/α,β-unsaturated/α-hetero) is 1. The van der Waals surface area contributed by atoms with Gasteiger partial charge < -0.3 is 4.74 Å². The average Bonchev–Trinajstić information content (AvgIpc) is 2.39. The summed E-state index contributed by atoms with van der Waals surface area (Å²) < 4.78 is 5.19. The molecule has 0 aromatic carbocycles. The van der Waals surface area contributed by atoms with Crippen molar-refractivity contribution < 1.29 is 14.3 Å². The zero-order valence-corrected chi connectivity index (χ0v) is 12.3. The summed E-state index contributed by atoms with van der Waals surface area (Å²) in [5.41, 5.74) is 0.687. The molecule has 0 aliphatic heterocycles. The van der Waals surface area contributed by atoms with Crippen molar-refractivity contribution in [2.45, 2.75) is 48.5 Å². The van der Waals surface area contributed by atoms with Crippen LogP contribution in [-0.2, 0) is 14.3 Å². The van der Waals surface area contributed by atoms with Crippen LogP contribution in [0.15, 0.2) is 23.0 Å². The van der Waals surface area contributed by atoms with E-state index >= 15 is 0 Å². The third-order valence-corrected chi connectivity index (χ3v) is 2.81. The number of ether oxygens (including phenoxy) is 1. The van der Waals surface area contributed by atoms with Crippen LogP contribution < -0.4 is 0 Å². The van der Waals surface area contributed by atoms with Gasteiger partial charge in [-0.15, -0.1) is 0 Å². The van der Waals surface area contributed by atoms with Crippen molar-refractivity contribution in [1.82, 2.24) is 0 Å². The first-order valence-corrected chi connectivity index (χ1v) is 6.14. The van der Waals surface area contributed by atoms with Gasteiger partial charge in [0, 0.05) is 18.1 Å². The Morgan fingerprint density at radius 3 is 1.89 bits per heavy atom. The van der Waals surface area contributed by atoms with Crippen LogP contribution in [-0.4, -0.2) is 11.8 Å². The van der Waals surface area contributed by atoms with Gasteiger partial charge >= 0.3 is 5.97 Å². The van der Waals surface area contributed by atoms with Crippen LogP contribution in [0.3, 0.4) is 0 Å². The van der Waals surface area contributed by atoms with Crippen LogP contribution >= 0.6 is 0 Å². The number of hydrogen-bond donors (Lipinski definition) is 0. The minimum absolute atomic E-state index is 0.00810. The quantitative estimate of drug-likeness (QED) is 0.670. The van der Waals surface area contributed by atoms with Crippen LogP contribution in [0.25, 0.3) is 0 Å². The fraction of sp³-hybridized carbons (Fsp3) is 0.600. The Bertz CT molecular complexity index is 451. The first-order chi connectivity index (χ1) is 7.94. The zero-order chi connectivity index (χ0) is 14.3. The lowest BCUT2D eigenvalue weighted by atomic mass is 9.79. The number of carbonyl (C=O) groups excluding carboxylic acids is 2. The summed E-state index contributed by atoms with van der Waals surface area (Å²) in [5.74, 6) is 0.00198. The minimum atomic E-state index is -0.397. The average molecular weight is 250 g/mol. The first-order valence-electron chi connectivity index (χ1n) is 6.14. The van der Waals surface area contributed by atoms with Crippen molar-refractivity contribution in [3.05, 3.63) is 23.0 Å². The molecule has 1 aliphatic carbocycles. The lowest BCUT2D eigenvalue weighted by Gasteiger charge is -2.24. The van der Waals surface area contributed by atoms with E-state index in [2.05, 4.69) is 0 Å². The largest absolute Gasteiger partial charge is 0.426 e. The second-order valence-electron chi connectivity index (χ2n) is 6.72. The number of esters is 1. The van der Waals surface area contributed by atoms with Gasteiger partial charge in [0.25, 0.3) is 0 Å². The van der Waals surface area contributed by atoms with Gasteiger partial charge in [0.15, 0.2) is 5.78 Å². The van der Waals surface area contributed by atoms with Crippen molar-refractivity contribution >= 4 is 11.8 Å². The number of rotatable bonds is 1. The lowest BCUT2D eigenvalue weighted by molar-refractivity contribution is -0.136. The lowest BCUT2D eigenvalue weighted by Crippen LogP contribution is -2.23. The summed E-state index contributed by atoms with van der Waals surface area (Å²) in [6, 6.07) is 0. The summed E-state index contributed by atoms with van der Waals surface area (Å²) in [5, 5.41) is 0. The highest BCUT2D eigenvalue weighted by molar-refractivity contribution is 6.13. The molecule has 0 radical (unpaired) electrons. The zero-order valence-electron chi connectivity index (χ0n) is 12.3. The number of carbonyl (C=O) groups is 2. The first kappa shape index (κ1) is 14.7. The summed E-state index contributed by atoms with van der Waals surface area (Å²) >= 11 is 0. The molecule has 3 heteroatoms. The summed E-state index contributed by atoms with van der Waals surface area (Å²) in [7, 11) is 0. The van der Waals surface area contributed by atoms with E-state index in [-0.39, 0.29) is 16.6 Å². The third-order valence-electron chi connectivity index (χ3n) is 2.81. The van der Waals surface area contributed by atoms with Crippen LogP contribution in [0.2, 0.25) is 0 Å². The summed E-state index contributed by atoms with van der Waals surface area (Å²) in [6.45, 7) is 13.1. The minimum Gasteiger partial charge on any atom is -0.426 e. The Balaban J connectivity index is 3.30. The summed E-state index contributed by atoms with van der Waals surface area (Å²) in [6.07, 6.45) is 1.71. The number of hydrogen-bond acceptors (Lipinski definition) is 3. The molecule has 0 N–H and O–H groups in total. The van der Waals surface area contributed by atoms with E-state index in [9.17, 15) is 9.59 Å². The monoisotopic (exact) mass is 250 g/mol. The molecule has 0 saturated carbocycles. The molecule has 18 heavy (non-hydrogen) atoms. The van der Waals surface area contributed by atoms with Crippen molar-refractivity contribution in [1.29, 1.82) is 0 Å². The molecule has 0 aromatic heterocycles. The second kappa shape index (κ2) is 4.38. The van der Waals surface area contributed by atoms with E-state index in [0.717, 1.165) is 0 Å². The van der Waals surface area contributed by atoms with Crippen LogP contribution in [0.5, 0.6) is 0 Å². The highest BCUT2D eigenvalue weighted by atomic mass is 16.5.